The van der Waals surface area contributed by atoms with Crippen LogP contribution in [0.25, 0.3) is 0 Å². The molecule has 32 heavy (non-hydrogen) atoms. The van der Waals surface area contributed by atoms with E-state index >= 15 is 0 Å². The van der Waals surface area contributed by atoms with E-state index in [1.54, 1.807) is 11.0 Å². The lowest BCUT2D eigenvalue weighted by Crippen LogP contribution is -2.47. The topological polar surface area (TPSA) is 95.6 Å². The quantitative estimate of drug-likeness (QED) is 0.629. The molecular formula is C23H27N3O4S2. The molecule has 2 N–H and O–H groups in total. The van der Waals surface area contributed by atoms with Crippen molar-refractivity contribution in [3.63, 3.8) is 0 Å². The fraction of sp³-hybridized carbons (Fsp3) is 0.391. The second-order valence-electron chi connectivity index (χ2n) is 8.29. The van der Waals surface area contributed by atoms with Gasteiger partial charge in [0.25, 0.3) is 0 Å². The number of amides is 2. The maximum atomic E-state index is 12.9. The first-order chi connectivity index (χ1) is 15.3. The Hall–Kier alpha value is -2.36. The maximum Gasteiger partial charge on any atom is 0.247 e. The second kappa shape index (κ2) is 9.64. The molecule has 170 valence electrons. The van der Waals surface area contributed by atoms with E-state index in [9.17, 15) is 18.0 Å². The Kier molecular flexibility index (Phi) is 6.88. The number of rotatable bonds is 6. The van der Waals surface area contributed by atoms with Crippen LogP contribution in [0.15, 0.2) is 58.3 Å². The molecule has 0 bridgehead atoms. The van der Waals surface area contributed by atoms with Gasteiger partial charge < -0.3 is 10.2 Å². The van der Waals surface area contributed by atoms with Crippen LogP contribution in [-0.2, 0) is 26.0 Å². The Bertz CT molecular complexity index is 1100. The number of likely N-dealkylation sites (tertiary alicyclic amines) is 1. The van der Waals surface area contributed by atoms with Crippen LogP contribution in [0.2, 0.25) is 0 Å². The van der Waals surface area contributed by atoms with Crippen molar-refractivity contribution in [3.05, 3.63) is 54.1 Å². The van der Waals surface area contributed by atoms with Crippen molar-refractivity contribution in [2.24, 2.45) is 5.92 Å². The Balaban J connectivity index is 1.42. The van der Waals surface area contributed by atoms with E-state index < -0.39 is 21.2 Å². The zero-order valence-corrected chi connectivity index (χ0v) is 19.5. The van der Waals surface area contributed by atoms with Gasteiger partial charge in [0.05, 0.1) is 10.6 Å². The van der Waals surface area contributed by atoms with Crippen LogP contribution in [0.3, 0.4) is 0 Å². The fourth-order valence-corrected chi connectivity index (χ4v) is 5.98. The summed E-state index contributed by atoms with van der Waals surface area (Å²) in [6.07, 6.45) is 2.47. The van der Waals surface area contributed by atoms with Gasteiger partial charge in [-0.3, -0.25) is 9.59 Å². The van der Waals surface area contributed by atoms with Gasteiger partial charge in [0.1, 0.15) is 0 Å². The molecule has 2 aliphatic heterocycles. The molecule has 2 aliphatic rings. The zero-order valence-electron chi connectivity index (χ0n) is 17.9. The zero-order chi connectivity index (χ0) is 22.7. The molecule has 2 heterocycles. The van der Waals surface area contributed by atoms with Crippen molar-refractivity contribution in [2.45, 2.75) is 41.2 Å². The first-order valence-electron chi connectivity index (χ1n) is 10.8. The second-order valence-corrected chi connectivity index (χ2v) is 11.2. The number of thioether (sulfide) groups is 1. The highest BCUT2D eigenvalue weighted by Crippen LogP contribution is 2.38. The molecule has 1 fully saturated rings. The first kappa shape index (κ1) is 22.8. The van der Waals surface area contributed by atoms with Crippen LogP contribution in [0.1, 0.15) is 25.3 Å². The highest BCUT2D eigenvalue weighted by atomic mass is 32.2. The van der Waals surface area contributed by atoms with Crippen molar-refractivity contribution in [3.8, 4) is 0 Å². The molecule has 4 rings (SSSR count). The van der Waals surface area contributed by atoms with Gasteiger partial charge in [0.2, 0.25) is 21.8 Å². The van der Waals surface area contributed by atoms with Gasteiger partial charge in [0.15, 0.2) is 5.25 Å². The van der Waals surface area contributed by atoms with Gasteiger partial charge in [-0.2, -0.15) is 0 Å². The summed E-state index contributed by atoms with van der Waals surface area (Å²) in [5.74, 6) is 0.0105. The molecule has 0 aliphatic carbocycles. The number of piperidine rings is 1. The van der Waals surface area contributed by atoms with Crippen LogP contribution >= 0.6 is 11.8 Å². The predicted octanol–water partition coefficient (Wildman–Crippen LogP) is 2.88. The first-order valence-corrected chi connectivity index (χ1v) is 13.1. The van der Waals surface area contributed by atoms with E-state index in [-0.39, 0.29) is 17.3 Å². The average Bonchev–Trinajstić information content (AvgIpc) is 2.79. The summed E-state index contributed by atoms with van der Waals surface area (Å²) in [5, 5.41) is 1.89. The van der Waals surface area contributed by atoms with Crippen LogP contribution < -0.4 is 10.0 Å². The number of carbonyl (C=O) groups excluding carboxylic acids is 2. The van der Waals surface area contributed by atoms with E-state index in [1.165, 1.54) is 23.9 Å². The molecule has 2 amide bonds. The predicted molar refractivity (Wildman–Crippen MR) is 125 cm³/mol. The third kappa shape index (κ3) is 5.16. The Morgan fingerprint density at radius 1 is 1.16 bits per heavy atom. The van der Waals surface area contributed by atoms with Crippen LogP contribution in [0.4, 0.5) is 5.69 Å². The summed E-state index contributed by atoms with van der Waals surface area (Å²) in [7, 11) is -3.72. The third-order valence-electron chi connectivity index (χ3n) is 5.87. The smallest absolute Gasteiger partial charge is 0.247 e. The molecule has 2 aromatic rings. The standard InChI is InChI=1S/C23H27N3O4S2/c1-16-10-13-26(14-11-16)23(28)21-22(27)25-19-15-18(7-8-20(19)31-21)32(29,30)24-12-9-17-5-3-2-4-6-17/h2-8,15-16,21,24H,9-14H2,1H3,(H,25,27)/t21-/m0/s1. The maximum absolute atomic E-state index is 12.9. The number of benzene rings is 2. The van der Waals surface area contributed by atoms with Crippen molar-refractivity contribution in [1.29, 1.82) is 0 Å². The molecule has 0 radical (unpaired) electrons. The summed E-state index contributed by atoms with van der Waals surface area (Å²) < 4.78 is 28.0. The summed E-state index contributed by atoms with van der Waals surface area (Å²) in [4.78, 5) is 28.1. The molecule has 9 heteroatoms. The number of hydrogen-bond donors (Lipinski definition) is 2. The Morgan fingerprint density at radius 3 is 2.59 bits per heavy atom. The molecule has 0 saturated carbocycles. The van der Waals surface area contributed by atoms with Gasteiger partial charge in [-0.05, 0) is 48.9 Å². The molecule has 0 aromatic heterocycles. The van der Waals surface area contributed by atoms with E-state index in [0.29, 0.717) is 36.0 Å². The average molecular weight is 474 g/mol. The van der Waals surface area contributed by atoms with E-state index in [1.807, 2.05) is 30.3 Å². The number of carbonyl (C=O) groups is 2. The van der Waals surface area contributed by atoms with Gasteiger partial charge in [-0.25, -0.2) is 13.1 Å². The van der Waals surface area contributed by atoms with Crippen molar-refractivity contribution in [1.82, 2.24) is 9.62 Å². The number of hydrogen-bond acceptors (Lipinski definition) is 5. The SMILES string of the molecule is CC1CCN(C(=O)[C@H]2Sc3ccc(S(=O)(=O)NCCc4ccccc4)cc3NC2=O)CC1. The van der Waals surface area contributed by atoms with E-state index in [2.05, 4.69) is 17.0 Å². The van der Waals surface area contributed by atoms with Crippen molar-refractivity contribution < 1.29 is 18.0 Å². The van der Waals surface area contributed by atoms with Crippen molar-refractivity contribution >= 4 is 39.3 Å². The van der Waals surface area contributed by atoms with Crippen LogP contribution in [0, 0.1) is 5.92 Å². The minimum absolute atomic E-state index is 0.0833. The molecule has 0 spiro atoms. The van der Waals surface area contributed by atoms with Gasteiger partial charge in [0, 0.05) is 24.5 Å². The monoisotopic (exact) mass is 473 g/mol. The summed E-state index contributed by atoms with van der Waals surface area (Å²) in [6.45, 7) is 3.78. The normalized spacial score (nSPS) is 19.3. The third-order valence-corrected chi connectivity index (χ3v) is 8.59. The van der Waals surface area contributed by atoms with Gasteiger partial charge >= 0.3 is 0 Å². The van der Waals surface area contributed by atoms with Crippen LogP contribution in [-0.4, -0.2) is 50.0 Å². The number of anilines is 1. The minimum atomic E-state index is -3.72. The molecule has 7 nitrogen and oxygen atoms in total. The molecular weight excluding hydrogens is 446 g/mol. The number of nitrogens with one attached hydrogen (secondary N) is 2. The van der Waals surface area contributed by atoms with Gasteiger partial charge in [-0.15, -0.1) is 11.8 Å². The summed E-state index contributed by atoms with van der Waals surface area (Å²) >= 11 is 1.18. The lowest BCUT2D eigenvalue weighted by atomic mass is 9.99. The largest absolute Gasteiger partial charge is 0.341 e. The fourth-order valence-electron chi connectivity index (χ4n) is 3.87. The molecule has 0 unspecified atom stereocenters. The Morgan fingerprint density at radius 2 is 1.88 bits per heavy atom. The van der Waals surface area contributed by atoms with E-state index in [4.69, 9.17) is 0 Å². The highest BCUT2D eigenvalue weighted by Gasteiger charge is 2.37. The summed E-state index contributed by atoms with van der Waals surface area (Å²) in [6, 6.07) is 14.3. The number of fused-ring (bicyclic) bond motifs is 1. The minimum Gasteiger partial charge on any atom is -0.341 e. The summed E-state index contributed by atoms with van der Waals surface area (Å²) in [5.41, 5.74) is 1.46. The number of nitrogens with zero attached hydrogens (tertiary/aromatic N) is 1. The lowest BCUT2D eigenvalue weighted by Gasteiger charge is -2.33. The molecule has 1 atom stereocenters. The number of sulfonamides is 1. The van der Waals surface area contributed by atoms with Crippen LogP contribution in [0.5, 0.6) is 0 Å². The van der Waals surface area contributed by atoms with Crippen molar-refractivity contribution in [2.75, 3.05) is 25.0 Å². The van der Waals surface area contributed by atoms with Gasteiger partial charge in [-0.1, -0.05) is 37.3 Å². The van der Waals surface area contributed by atoms with E-state index in [0.717, 1.165) is 18.4 Å². The molecule has 1 saturated heterocycles. The lowest BCUT2D eigenvalue weighted by molar-refractivity contribution is -0.135. The Labute approximate surface area is 193 Å². The molecule has 2 aromatic carbocycles. The highest BCUT2D eigenvalue weighted by molar-refractivity contribution is 8.01.